The maximum Gasteiger partial charge on any atom is 0.331 e. The third-order valence-corrected chi connectivity index (χ3v) is 3.66. The van der Waals surface area contributed by atoms with Crippen LogP contribution >= 0.6 is 0 Å². The Balaban J connectivity index is 2.05. The molecule has 3 N–H and O–H groups in total. The highest BCUT2D eigenvalue weighted by Crippen LogP contribution is 2.19. The highest BCUT2D eigenvalue weighted by Gasteiger charge is 2.16. The van der Waals surface area contributed by atoms with Gasteiger partial charge in [0.15, 0.2) is 0 Å². The number of anilines is 1. The number of para-hydroxylation sites is 1. The SMILES string of the molecule is CC(C)C[C@H](N)C(=O)Nc1ccccc1/C=C/[C@H]1CC=CC(=O)O1. The van der Waals surface area contributed by atoms with Crippen molar-refractivity contribution in [3.8, 4) is 0 Å². The Morgan fingerprint density at radius 2 is 2.17 bits per heavy atom. The fourth-order valence-corrected chi connectivity index (χ4v) is 2.46. The van der Waals surface area contributed by atoms with Crippen molar-refractivity contribution in [3.63, 3.8) is 0 Å². The second kappa shape index (κ2) is 8.45. The second-order valence-corrected chi connectivity index (χ2v) is 6.29. The highest BCUT2D eigenvalue weighted by molar-refractivity contribution is 5.96. The van der Waals surface area contributed by atoms with E-state index in [9.17, 15) is 9.59 Å². The zero-order valence-electron chi connectivity index (χ0n) is 14.1. The van der Waals surface area contributed by atoms with Gasteiger partial charge in [-0.05, 0) is 30.0 Å². The Kier molecular flexibility index (Phi) is 6.32. The number of ether oxygens (including phenoxy) is 1. The van der Waals surface area contributed by atoms with Crippen LogP contribution < -0.4 is 11.1 Å². The van der Waals surface area contributed by atoms with E-state index in [4.69, 9.17) is 10.5 Å². The van der Waals surface area contributed by atoms with Crippen molar-refractivity contribution in [1.29, 1.82) is 0 Å². The van der Waals surface area contributed by atoms with Gasteiger partial charge in [-0.3, -0.25) is 4.79 Å². The summed E-state index contributed by atoms with van der Waals surface area (Å²) in [6.45, 7) is 4.06. The van der Waals surface area contributed by atoms with Crippen molar-refractivity contribution in [2.75, 3.05) is 5.32 Å². The number of carbonyl (C=O) groups is 2. The van der Waals surface area contributed by atoms with Gasteiger partial charge in [-0.2, -0.15) is 0 Å². The van der Waals surface area contributed by atoms with Gasteiger partial charge >= 0.3 is 5.97 Å². The molecule has 0 saturated carbocycles. The van der Waals surface area contributed by atoms with Gasteiger partial charge in [0.2, 0.25) is 5.91 Å². The maximum absolute atomic E-state index is 12.2. The van der Waals surface area contributed by atoms with Gasteiger partial charge in [-0.15, -0.1) is 0 Å². The minimum absolute atomic E-state index is 0.198. The van der Waals surface area contributed by atoms with Crippen LogP contribution in [0.1, 0.15) is 32.3 Å². The lowest BCUT2D eigenvalue weighted by atomic mass is 10.0. The topological polar surface area (TPSA) is 81.4 Å². The van der Waals surface area contributed by atoms with Gasteiger partial charge in [0.05, 0.1) is 6.04 Å². The molecular weight excluding hydrogens is 304 g/mol. The average molecular weight is 328 g/mol. The van der Waals surface area contributed by atoms with Gasteiger partial charge < -0.3 is 15.8 Å². The molecule has 0 unspecified atom stereocenters. The van der Waals surface area contributed by atoms with E-state index in [1.54, 1.807) is 6.08 Å². The van der Waals surface area contributed by atoms with Crippen LogP contribution in [0.15, 0.2) is 42.5 Å². The highest BCUT2D eigenvalue weighted by atomic mass is 16.5. The summed E-state index contributed by atoms with van der Waals surface area (Å²) in [5, 5.41) is 2.88. The fourth-order valence-electron chi connectivity index (χ4n) is 2.46. The first-order chi connectivity index (χ1) is 11.5. The molecule has 5 heteroatoms. The lowest BCUT2D eigenvalue weighted by Gasteiger charge is -2.16. The maximum atomic E-state index is 12.2. The summed E-state index contributed by atoms with van der Waals surface area (Å²) in [5.41, 5.74) is 7.46. The number of hydrogen-bond acceptors (Lipinski definition) is 4. The Labute approximate surface area is 142 Å². The van der Waals surface area contributed by atoms with Crippen LogP contribution in [-0.4, -0.2) is 24.0 Å². The van der Waals surface area contributed by atoms with Crippen molar-refractivity contribution in [3.05, 3.63) is 48.1 Å². The number of esters is 1. The van der Waals surface area contributed by atoms with E-state index in [2.05, 4.69) is 5.32 Å². The molecule has 0 radical (unpaired) electrons. The largest absolute Gasteiger partial charge is 0.455 e. The normalized spacial score (nSPS) is 18.7. The van der Waals surface area contributed by atoms with E-state index in [1.807, 2.05) is 50.3 Å². The van der Waals surface area contributed by atoms with Gasteiger partial charge in [-0.25, -0.2) is 4.79 Å². The molecular formula is C19H24N2O3. The van der Waals surface area contributed by atoms with Gasteiger partial charge in [0.25, 0.3) is 0 Å². The molecule has 0 aliphatic carbocycles. The van der Waals surface area contributed by atoms with Gasteiger partial charge in [0.1, 0.15) is 6.10 Å². The third kappa shape index (κ3) is 5.35. The number of rotatable bonds is 6. The number of nitrogens with one attached hydrogen (secondary N) is 1. The van der Waals surface area contributed by atoms with Crippen LogP contribution in [0.2, 0.25) is 0 Å². The quantitative estimate of drug-likeness (QED) is 0.787. The second-order valence-electron chi connectivity index (χ2n) is 6.29. The van der Waals surface area contributed by atoms with E-state index in [1.165, 1.54) is 6.08 Å². The standard InChI is InChI=1S/C19H24N2O3/c1-13(2)12-16(20)19(23)21-17-8-4-3-6-14(17)10-11-15-7-5-9-18(22)24-15/h3-6,8-11,13,15-16H,7,12,20H2,1-2H3,(H,21,23)/b11-10+/t15-,16+/m1/s1. The molecule has 1 amide bonds. The monoisotopic (exact) mass is 328 g/mol. The molecule has 2 rings (SSSR count). The first kappa shape index (κ1) is 17.9. The summed E-state index contributed by atoms with van der Waals surface area (Å²) < 4.78 is 5.19. The summed E-state index contributed by atoms with van der Waals surface area (Å²) in [4.78, 5) is 23.5. The first-order valence-corrected chi connectivity index (χ1v) is 8.16. The van der Waals surface area contributed by atoms with Gasteiger partial charge in [-0.1, -0.05) is 44.2 Å². The number of hydrogen-bond donors (Lipinski definition) is 2. The molecule has 1 aliphatic rings. The van der Waals surface area contributed by atoms with E-state index >= 15 is 0 Å². The molecule has 24 heavy (non-hydrogen) atoms. The van der Waals surface area contributed by atoms with Crippen LogP contribution in [-0.2, 0) is 14.3 Å². The van der Waals surface area contributed by atoms with E-state index < -0.39 is 6.04 Å². The minimum Gasteiger partial charge on any atom is -0.455 e. The molecule has 1 heterocycles. The predicted molar refractivity (Wildman–Crippen MR) is 95.2 cm³/mol. The first-order valence-electron chi connectivity index (χ1n) is 8.16. The molecule has 0 fully saturated rings. The van der Waals surface area contributed by atoms with Crippen LogP contribution in [0.5, 0.6) is 0 Å². The summed E-state index contributed by atoms with van der Waals surface area (Å²) in [6.07, 6.45) is 7.88. The van der Waals surface area contributed by atoms with Gasteiger partial charge in [0, 0.05) is 18.2 Å². The molecule has 5 nitrogen and oxygen atoms in total. The summed E-state index contributed by atoms with van der Waals surface area (Å²) in [6, 6.07) is 6.92. The number of amides is 1. The molecule has 1 aromatic rings. The van der Waals surface area contributed by atoms with Crippen LogP contribution in [0.3, 0.4) is 0 Å². The van der Waals surface area contributed by atoms with Crippen molar-refractivity contribution in [1.82, 2.24) is 0 Å². The Hall–Kier alpha value is -2.40. The zero-order chi connectivity index (χ0) is 17.5. The van der Waals surface area contributed by atoms with E-state index in [0.29, 0.717) is 24.4 Å². The average Bonchev–Trinajstić information content (AvgIpc) is 2.53. The van der Waals surface area contributed by atoms with Crippen molar-refractivity contribution in [2.24, 2.45) is 11.7 Å². The number of benzene rings is 1. The van der Waals surface area contributed by atoms with Crippen molar-refractivity contribution in [2.45, 2.75) is 38.8 Å². The predicted octanol–water partition coefficient (Wildman–Crippen LogP) is 2.88. The molecule has 1 aromatic carbocycles. The lowest BCUT2D eigenvalue weighted by Crippen LogP contribution is -2.36. The molecule has 0 aromatic heterocycles. The molecule has 128 valence electrons. The summed E-state index contributed by atoms with van der Waals surface area (Å²) >= 11 is 0. The minimum atomic E-state index is -0.536. The third-order valence-electron chi connectivity index (χ3n) is 3.66. The lowest BCUT2D eigenvalue weighted by molar-refractivity contribution is -0.141. The van der Waals surface area contributed by atoms with Crippen LogP contribution in [0.25, 0.3) is 6.08 Å². The summed E-state index contributed by atoms with van der Waals surface area (Å²) in [7, 11) is 0. The molecule has 2 atom stereocenters. The Bertz CT molecular complexity index is 650. The Morgan fingerprint density at radius 1 is 1.42 bits per heavy atom. The molecule has 1 aliphatic heterocycles. The molecule has 0 saturated heterocycles. The zero-order valence-corrected chi connectivity index (χ0v) is 14.1. The van der Waals surface area contributed by atoms with E-state index in [-0.39, 0.29) is 18.0 Å². The number of cyclic esters (lactones) is 1. The van der Waals surface area contributed by atoms with Crippen LogP contribution in [0.4, 0.5) is 5.69 Å². The van der Waals surface area contributed by atoms with Crippen LogP contribution in [0, 0.1) is 5.92 Å². The number of carbonyl (C=O) groups excluding carboxylic acids is 2. The Morgan fingerprint density at radius 3 is 2.88 bits per heavy atom. The summed E-state index contributed by atoms with van der Waals surface area (Å²) in [5.74, 6) is -0.177. The smallest absolute Gasteiger partial charge is 0.331 e. The van der Waals surface area contributed by atoms with Crippen molar-refractivity contribution >= 4 is 23.6 Å². The fraction of sp³-hybridized carbons (Fsp3) is 0.368. The molecule has 0 bridgehead atoms. The van der Waals surface area contributed by atoms with Crippen molar-refractivity contribution < 1.29 is 14.3 Å². The number of nitrogens with two attached hydrogens (primary N) is 1. The molecule has 0 spiro atoms. The van der Waals surface area contributed by atoms with E-state index in [0.717, 1.165) is 5.56 Å².